The molecule has 20 heavy (non-hydrogen) atoms. The molecule has 0 radical (unpaired) electrons. The van der Waals surface area contributed by atoms with Crippen LogP contribution in [0.5, 0.6) is 0 Å². The first kappa shape index (κ1) is 14.4. The second-order valence-corrected chi connectivity index (χ2v) is 4.58. The maximum Gasteiger partial charge on any atom is 0.273 e. The molecule has 1 saturated heterocycles. The van der Waals surface area contributed by atoms with Crippen LogP contribution in [-0.2, 0) is 11.3 Å². The van der Waals surface area contributed by atoms with Crippen molar-refractivity contribution in [3.63, 3.8) is 0 Å². The molecule has 106 valence electrons. The van der Waals surface area contributed by atoms with Crippen molar-refractivity contribution in [3.8, 4) is 0 Å². The summed E-state index contributed by atoms with van der Waals surface area (Å²) in [6, 6.07) is 9.28. The molecule has 1 amide bonds. The first-order valence-electron chi connectivity index (χ1n) is 6.07. The van der Waals surface area contributed by atoms with Gasteiger partial charge in [0, 0.05) is 0 Å². The lowest BCUT2D eigenvalue weighted by atomic mass is 9.99. The molecular formula is C12H15ClN6O. The number of carbonyl (C=O) groups excluding carboxylic acids is 1. The average Bonchev–Trinajstić information content (AvgIpc) is 2.87. The number of aromatic nitrogens is 4. The number of hydrogen-bond donors (Lipinski definition) is 1. The number of carbonyl (C=O) groups is 1. The Morgan fingerprint density at radius 3 is 2.65 bits per heavy atom. The highest BCUT2D eigenvalue weighted by molar-refractivity contribution is 6.03. The smallest absolute Gasteiger partial charge is 0.273 e. The summed E-state index contributed by atoms with van der Waals surface area (Å²) in [4.78, 5) is 14.6. The second kappa shape index (κ2) is 5.56. The van der Waals surface area contributed by atoms with Gasteiger partial charge in [0.25, 0.3) is 5.95 Å². The maximum atomic E-state index is 11.6. The number of β-lactam (4-membered cyclic amide) rings is 1. The number of tetrazole rings is 1. The van der Waals surface area contributed by atoms with Crippen LogP contribution in [0.4, 0.5) is 5.95 Å². The van der Waals surface area contributed by atoms with E-state index in [1.165, 1.54) is 9.70 Å². The van der Waals surface area contributed by atoms with Gasteiger partial charge in [0.15, 0.2) is 0 Å². The maximum absolute atomic E-state index is 11.6. The lowest BCUT2D eigenvalue weighted by Gasteiger charge is -2.40. The summed E-state index contributed by atoms with van der Waals surface area (Å²) in [5.74, 6) is 0.155. The second-order valence-electron chi connectivity index (χ2n) is 4.58. The Morgan fingerprint density at radius 1 is 1.30 bits per heavy atom. The molecule has 0 saturated carbocycles. The van der Waals surface area contributed by atoms with E-state index in [4.69, 9.17) is 5.73 Å². The monoisotopic (exact) mass is 294 g/mol. The van der Waals surface area contributed by atoms with E-state index in [1.54, 1.807) is 0 Å². The third kappa shape index (κ3) is 2.37. The lowest BCUT2D eigenvalue weighted by Crippen LogP contribution is -2.68. The number of nitrogens with two attached hydrogens (primary N) is 1. The zero-order valence-corrected chi connectivity index (χ0v) is 11.7. The average molecular weight is 295 g/mol. The third-order valence-electron chi connectivity index (χ3n) is 3.27. The summed E-state index contributed by atoms with van der Waals surface area (Å²) in [5.41, 5.74) is 6.72. The Hall–Kier alpha value is -1.99. The van der Waals surface area contributed by atoms with E-state index < -0.39 is 6.04 Å². The molecular weight excluding hydrogens is 280 g/mol. The fourth-order valence-electron chi connectivity index (χ4n) is 2.07. The predicted molar refractivity (Wildman–Crippen MR) is 75.5 cm³/mol. The zero-order chi connectivity index (χ0) is 13.4. The van der Waals surface area contributed by atoms with Crippen LogP contribution in [0.25, 0.3) is 0 Å². The normalized spacial score (nSPS) is 21.3. The van der Waals surface area contributed by atoms with E-state index in [0.717, 1.165) is 5.56 Å². The van der Waals surface area contributed by atoms with E-state index in [2.05, 4.69) is 15.4 Å². The van der Waals surface area contributed by atoms with Crippen LogP contribution >= 0.6 is 12.4 Å². The highest BCUT2D eigenvalue weighted by atomic mass is 35.5. The van der Waals surface area contributed by atoms with Gasteiger partial charge >= 0.3 is 0 Å². The van der Waals surface area contributed by atoms with Gasteiger partial charge in [-0.15, -0.1) is 17.5 Å². The Morgan fingerprint density at radius 2 is 2.00 bits per heavy atom. The van der Waals surface area contributed by atoms with Crippen LogP contribution in [0.2, 0.25) is 0 Å². The minimum Gasteiger partial charge on any atom is -0.318 e. The molecule has 2 heterocycles. The van der Waals surface area contributed by atoms with Gasteiger partial charge in [0.05, 0.1) is 12.6 Å². The van der Waals surface area contributed by atoms with Crippen LogP contribution in [0.3, 0.4) is 0 Å². The molecule has 0 bridgehead atoms. The van der Waals surface area contributed by atoms with Gasteiger partial charge in [-0.1, -0.05) is 35.4 Å². The Labute approximate surface area is 122 Å². The summed E-state index contributed by atoms with van der Waals surface area (Å²) < 4.78 is 0. The van der Waals surface area contributed by atoms with Crippen LogP contribution in [0.1, 0.15) is 12.5 Å². The van der Waals surface area contributed by atoms with Gasteiger partial charge in [-0.25, -0.2) is 0 Å². The minimum atomic E-state index is -0.457. The van der Waals surface area contributed by atoms with Gasteiger partial charge in [-0.3, -0.25) is 9.69 Å². The summed E-state index contributed by atoms with van der Waals surface area (Å²) in [5, 5.41) is 12.1. The van der Waals surface area contributed by atoms with Crippen molar-refractivity contribution in [3.05, 3.63) is 35.9 Å². The van der Waals surface area contributed by atoms with Gasteiger partial charge in [0.1, 0.15) is 6.04 Å². The van der Waals surface area contributed by atoms with Crippen LogP contribution < -0.4 is 10.6 Å². The molecule has 2 atom stereocenters. The molecule has 8 heteroatoms. The van der Waals surface area contributed by atoms with Crippen LogP contribution in [0, 0.1) is 0 Å². The van der Waals surface area contributed by atoms with Crippen molar-refractivity contribution in [2.24, 2.45) is 5.73 Å². The highest BCUT2D eigenvalue weighted by Crippen LogP contribution is 2.22. The summed E-state index contributed by atoms with van der Waals surface area (Å²) >= 11 is 0. The number of rotatable bonds is 3. The number of halogens is 1. The van der Waals surface area contributed by atoms with Crippen molar-refractivity contribution in [2.75, 3.05) is 4.90 Å². The standard InChI is InChI=1S/C12H14N6O.ClH/c1-8-10(13)11(19)18(8)12-14-16-17(15-12)7-9-5-3-2-4-6-9;/h2-6,8,10H,7,13H2,1H3;1H. The zero-order valence-electron chi connectivity index (χ0n) is 10.9. The molecule has 1 aromatic heterocycles. The number of nitrogens with zero attached hydrogens (tertiary/aromatic N) is 5. The first-order chi connectivity index (χ1) is 9.16. The molecule has 1 aromatic carbocycles. The number of benzene rings is 1. The molecule has 0 spiro atoms. The van der Waals surface area contributed by atoms with Crippen molar-refractivity contribution in [1.82, 2.24) is 20.2 Å². The van der Waals surface area contributed by atoms with E-state index >= 15 is 0 Å². The van der Waals surface area contributed by atoms with Gasteiger partial charge in [0.2, 0.25) is 5.91 Å². The quantitative estimate of drug-likeness (QED) is 0.817. The fourth-order valence-corrected chi connectivity index (χ4v) is 2.07. The van der Waals surface area contributed by atoms with Gasteiger partial charge < -0.3 is 5.73 Å². The molecule has 0 aliphatic carbocycles. The van der Waals surface area contributed by atoms with Gasteiger partial charge in [-0.05, 0) is 17.7 Å². The number of anilines is 1. The third-order valence-corrected chi connectivity index (χ3v) is 3.27. The number of amides is 1. The van der Waals surface area contributed by atoms with E-state index in [-0.39, 0.29) is 24.4 Å². The number of hydrogen-bond acceptors (Lipinski definition) is 5. The Kier molecular flexibility index (Phi) is 4.01. The van der Waals surface area contributed by atoms with E-state index in [0.29, 0.717) is 12.5 Å². The Balaban J connectivity index is 0.00000147. The summed E-state index contributed by atoms with van der Waals surface area (Å²) in [6.07, 6.45) is 0. The van der Waals surface area contributed by atoms with Gasteiger partial charge in [-0.2, -0.15) is 4.80 Å². The highest BCUT2D eigenvalue weighted by Gasteiger charge is 2.44. The predicted octanol–water partition coefficient (Wildman–Crippen LogP) is 0.206. The van der Waals surface area contributed by atoms with Crippen molar-refractivity contribution in [2.45, 2.75) is 25.6 Å². The molecule has 2 aromatic rings. The van der Waals surface area contributed by atoms with Crippen molar-refractivity contribution >= 4 is 24.3 Å². The summed E-state index contributed by atoms with van der Waals surface area (Å²) in [7, 11) is 0. The molecule has 7 nitrogen and oxygen atoms in total. The molecule has 2 unspecified atom stereocenters. The van der Waals surface area contributed by atoms with Crippen molar-refractivity contribution in [1.29, 1.82) is 0 Å². The fraction of sp³-hybridized carbons (Fsp3) is 0.333. The first-order valence-corrected chi connectivity index (χ1v) is 6.07. The topological polar surface area (TPSA) is 89.9 Å². The lowest BCUT2D eigenvalue weighted by molar-refractivity contribution is -0.125. The van der Waals surface area contributed by atoms with Crippen LogP contribution in [0.15, 0.2) is 30.3 Å². The SMILES string of the molecule is CC1C(N)C(=O)N1c1nnn(Cc2ccccc2)n1.Cl. The largest absolute Gasteiger partial charge is 0.318 e. The van der Waals surface area contributed by atoms with E-state index in [1.807, 2.05) is 37.3 Å². The molecule has 2 N–H and O–H groups in total. The minimum absolute atomic E-state index is 0. The van der Waals surface area contributed by atoms with Crippen molar-refractivity contribution < 1.29 is 4.79 Å². The molecule has 1 aliphatic rings. The van der Waals surface area contributed by atoms with Crippen LogP contribution in [-0.4, -0.2) is 38.2 Å². The summed E-state index contributed by atoms with van der Waals surface area (Å²) in [6.45, 7) is 2.39. The Bertz CT molecular complexity index is 601. The molecule has 1 fully saturated rings. The van der Waals surface area contributed by atoms with E-state index in [9.17, 15) is 4.79 Å². The molecule has 3 rings (SSSR count). The molecule has 1 aliphatic heterocycles.